The Morgan fingerprint density at radius 3 is 2.53 bits per heavy atom. The first-order valence-electron chi connectivity index (χ1n) is 6.46. The van der Waals surface area contributed by atoms with Gasteiger partial charge in [-0.1, -0.05) is 32.0 Å². The van der Waals surface area contributed by atoms with E-state index in [4.69, 9.17) is 4.42 Å². The van der Waals surface area contributed by atoms with Crippen LogP contribution in [-0.2, 0) is 4.79 Å². The quantitative estimate of drug-likeness (QED) is 0.867. The van der Waals surface area contributed by atoms with Gasteiger partial charge in [0.05, 0.1) is 6.04 Å². The Labute approximate surface area is 112 Å². The molecule has 4 heteroatoms. The molecule has 2 unspecified atom stereocenters. The first-order valence-corrected chi connectivity index (χ1v) is 6.46. The van der Waals surface area contributed by atoms with Gasteiger partial charge in [-0.3, -0.25) is 10.1 Å². The number of carbonyl (C=O) groups is 1. The summed E-state index contributed by atoms with van der Waals surface area (Å²) in [5.41, 5.74) is 0.822. The van der Waals surface area contributed by atoms with Crippen LogP contribution in [-0.4, -0.2) is 17.1 Å². The predicted molar refractivity (Wildman–Crippen MR) is 74.0 cm³/mol. The zero-order chi connectivity index (χ0) is 14.0. The number of aliphatic carboxylic acids is 1. The van der Waals surface area contributed by atoms with Crippen LogP contribution < -0.4 is 5.32 Å². The minimum atomic E-state index is -0.835. The van der Waals surface area contributed by atoms with Gasteiger partial charge in [-0.05, 0) is 25.0 Å². The van der Waals surface area contributed by atoms with Crippen molar-refractivity contribution in [3.63, 3.8) is 0 Å². The first kappa shape index (κ1) is 13.6. The smallest absolute Gasteiger partial charge is 0.320 e. The number of hydrogen-bond donors (Lipinski definition) is 2. The van der Waals surface area contributed by atoms with Gasteiger partial charge in [-0.2, -0.15) is 0 Å². The van der Waals surface area contributed by atoms with Crippen LogP contribution in [0.5, 0.6) is 0 Å². The van der Waals surface area contributed by atoms with Crippen molar-refractivity contribution in [1.82, 2.24) is 5.32 Å². The summed E-state index contributed by atoms with van der Waals surface area (Å²) in [7, 11) is 0. The molecule has 0 bridgehead atoms. The van der Waals surface area contributed by atoms with Crippen LogP contribution in [0.2, 0.25) is 0 Å². The number of hydrogen-bond acceptors (Lipinski definition) is 3. The molecule has 0 spiro atoms. The van der Waals surface area contributed by atoms with E-state index in [1.807, 2.05) is 51.1 Å². The van der Waals surface area contributed by atoms with Crippen LogP contribution in [0.15, 0.2) is 34.7 Å². The van der Waals surface area contributed by atoms with Crippen molar-refractivity contribution in [2.45, 2.75) is 32.9 Å². The lowest BCUT2D eigenvalue weighted by Crippen LogP contribution is -2.42. The predicted octanol–water partition coefficient (Wildman–Crippen LogP) is 3.19. The summed E-state index contributed by atoms with van der Waals surface area (Å²) < 4.78 is 5.73. The molecule has 4 nitrogen and oxygen atoms in total. The van der Waals surface area contributed by atoms with Gasteiger partial charge in [-0.15, -0.1) is 0 Å². The van der Waals surface area contributed by atoms with Gasteiger partial charge in [0.2, 0.25) is 0 Å². The van der Waals surface area contributed by atoms with Gasteiger partial charge in [-0.25, -0.2) is 0 Å². The maximum Gasteiger partial charge on any atom is 0.320 e. The molecule has 0 aliphatic heterocycles. The fourth-order valence-electron chi connectivity index (χ4n) is 2.12. The van der Waals surface area contributed by atoms with Crippen molar-refractivity contribution in [3.05, 3.63) is 36.1 Å². The molecule has 0 aliphatic rings. The van der Waals surface area contributed by atoms with Gasteiger partial charge >= 0.3 is 5.97 Å². The third kappa shape index (κ3) is 2.96. The van der Waals surface area contributed by atoms with Crippen LogP contribution in [0, 0.1) is 5.92 Å². The number of carboxylic acids is 1. The van der Waals surface area contributed by atoms with Crippen LogP contribution in [0.3, 0.4) is 0 Å². The summed E-state index contributed by atoms with van der Waals surface area (Å²) in [6.45, 7) is 5.68. The van der Waals surface area contributed by atoms with E-state index in [0.29, 0.717) is 0 Å². The highest BCUT2D eigenvalue weighted by molar-refractivity contribution is 5.78. The number of benzene rings is 1. The van der Waals surface area contributed by atoms with E-state index in [1.165, 1.54) is 0 Å². The lowest BCUT2D eigenvalue weighted by molar-refractivity contribution is -0.140. The Balaban J connectivity index is 2.19. The third-order valence-corrected chi connectivity index (χ3v) is 3.23. The van der Waals surface area contributed by atoms with Gasteiger partial charge in [0.1, 0.15) is 17.4 Å². The summed E-state index contributed by atoms with van der Waals surface area (Å²) in [6.07, 6.45) is 0. The van der Waals surface area contributed by atoms with Crippen molar-refractivity contribution in [2.75, 3.05) is 0 Å². The average Bonchev–Trinajstić information content (AvgIpc) is 2.78. The molecule has 2 atom stereocenters. The van der Waals surface area contributed by atoms with E-state index in [0.717, 1.165) is 16.7 Å². The largest absolute Gasteiger partial charge is 0.480 e. The number of carboxylic acid groups (broad SMARTS) is 1. The summed E-state index contributed by atoms with van der Waals surface area (Å²) in [5.74, 6) is -0.0598. The van der Waals surface area contributed by atoms with Crippen molar-refractivity contribution in [1.29, 1.82) is 0 Å². The second-order valence-electron chi connectivity index (χ2n) is 5.13. The van der Waals surface area contributed by atoms with Crippen LogP contribution >= 0.6 is 0 Å². The Morgan fingerprint density at radius 2 is 1.95 bits per heavy atom. The van der Waals surface area contributed by atoms with Crippen LogP contribution in [0.4, 0.5) is 0 Å². The van der Waals surface area contributed by atoms with Crippen molar-refractivity contribution >= 4 is 16.9 Å². The third-order valence-electron chi connectivity index (χ3n) is 3.23. The topological polar surface area (TPSA) is 62.5 Å². The highest BCUT2D eigenvalue weighted by atomic mass is 16.4. The van der Waals surface area contributed by atoms with Gasteiger partial charge in [0.25, 0.3) is 0 Å². The SMILES string of the molecule is CC(NC(C(=O)O)C(C)C)c1cc2ccccc2o1. The van der Waals surface area contributed by atoms with Crippen LogP contribution in [0.1, 0.15) is 32.6 Å². The molecule has 2 N–H and O–H groups in total. The zero-order valence-corrected chi connectivity index (χ0v) is 11.4. The molecule has 2 rings (SSSR count). The van der Waals surface area contributed by atoms with Crippen molar-refractivity contribution < 1.29 is 14.3 Å². The maximum atomic E-state index is 11.2. The van der Waals surface area contributed by atoms with Gasteiger partial charge in [0.15, 0.2) is 0 Å². The fourth-order valence-corrected chi connectivity index (χ4v) is 2.12. The van der Waals surface area contributed by atoms with E-state index < -0.39 is 12.0 Å². The second kappa shape index (κ2) is 5.45. The second-order valence-corrected chi connectivity index (χ2v) is 5.13. The van der Waals surface area contributed by atoms with Crippen molar-refractivity contribution in [3.8, 4) is 0 Å². The fraction of sp³-hybridized carbons (Fsp3) is 0.400. The molecule has 0 radical (unpaired) electrons. The lowest BCUT2D eigenvalue weighted by Gasteiger charge is -2.21. The van der Waals surface area contributed by atoms with E-state index in [-0.39, 0.29) is 12.0 Å². The lowest BCUT2D eigenvalue weighted by atomic mass is 10.0. The molecule has 19 heavy (non-hydrogen) atoms. The molecular weight excluding hydrogens is 242 g/mol. The molecule has 1 aromatic carbocycles. The molecule has 0 fully saturated rings. The highest BCUT2D eigenvalue weighted by Gasteiger charge is 2.24. The molecule has 0 saturated heterocycles. The highest BCUT2D eigenvalue weighted by Crippen LogP contribution is 2.24. The molecule has 0 amide bonds. The Kier molecular flexibility index (Phi) is 3.90. The molecular formula is C15H19NO3. The number of nitrogens with one attached hydrogen (secondary N) is 1. The standard InChI is InChI=1S/C15H19NO3/c1-9(2)14(15(17)18)16-10(3)13-8-11-6-4-5-7-12(11)19-13/h4-10,14,16H,1-3H3,(H,17,18). The Bertz CT molecular complexity index is 541. The van der Waals surface area contributed by atoms with E-state index in [1.54, 1.807) is 0 Å². The monoisotopic (exact) mass is 261 g/mol. The summed E-state index contributed by atoms with van der Waals surface area (Å²) in [5, 5.41) is 13.3. The molecule has 0 aliphatic carbocycles. The maximum absolute atomic E-state index is 11.2. The zero-order valence-electron chi connectivity index (χ0n) is 11.4. The molecule has 1 heterocycles. The summed E-state index contributed by atoms with van der Waals surface area (Å²) >= 11 is 0. The molecule has 0 saturated carbocycles. The number of fused-ring (bicyclic) bond motifs is 1. The molecule has 102 valence electrons. The minimum Gasteiger partial charge on any atom is -0.480 e. The van der Waals surface area contributed by atoms with Crippen LogP contribution in [0.25, 0.3) is 11.0 Å². The average molecular weight is 261 g/mol. The summed E-state index contributed by atoms with van der Waals surface area (Å²) in [4.78, 5) is 11.2. The minimum absolute atomic E-state index is 0.0179. The van der Waals surface area contributed by atoms with E-state index in [9.17, 15) is 9.90 Å². The van der Waals surface area contributed by atoms with Crippen molar-refractivity contribution in [2.24, 2.45) is 5.92 Å². The number of para-hydroxylation sites is 1. The van der Waals surface area contributed by atoms with Gasteiger partial charge in [0, 0.05) is 5.39 Å². The van der Waals surface area contributed by atoms with E-state index >= 15 is 0 Å². The molecule has 1 aromatic heterocycles. The van der Waals surface area contributed by atoms with E-state index in [2.05, 4.69) is 5.32 Å². The van der Waals surface area contributed by atoms with Gasteiger partial charge < -0.3 is 9.52 Å². The summed E-state index contributed by atoms with van der Waals surface area (Å²) in [6, 6.07) is 8.98. The number of furan rings is 1. The Hall–Kier alpha value is -1.81. The molecule has 2 aromatic rings. The number of rotatable bonds is 5. The Morgan fingerprint density at radius 1 is 1.26 bits per heavy atom. The normalized spacial score (nSPS) is 14.7. The first-order chi connectivity index (χ1) is 8.99.